The van der Waals surface area contributed by atoms with Crippen molar-refractivity contribution in [3.63, 3.8) is 0 Å². The first kappa shape index (κ1) is 20.6. The number of nitrogens with zero attached hydrogens (tertiary/aromatic N) is 1. The van der Waals surface area contributed by atoms with Gasteiger partial charge in [-0.05, 0) is 23.8 Å². The van der Waals surface area contributed by atoms with E-state index in [1.807, 2.05) is 24.3 Å². The lowest BCUT2D eigenvalue weighted by Gasteiger charge is -2.36. The highest BCUT2D eigenvalue weighted by Gasteiger charge is 2.25. The van der Waals surface area contributed by atoms with Gasteiger partial charge in [0.25, 0.3) is 0 Å². The molecule has 0 aliphatic carbocycles. The first-order valence-corrected chi connectivity index (χ1v) is 8.76. The molecular formula is C19H22Cl2FN3O. The highest BCUT2D eigenvalue weighted by Crippen LogP contribution is 2.28. The van der Waals surface area contributed by atoms with Crippen LogP contribution < -0.4 is 10.6 Å². The molecular weight excluding hydrogens is 376 g/mol. The van der Waals surface area contributed by atoms with Crippen LogP contribution in [0.15, 0.2) is 48.5 Å². The predicted molar refractivity (Wildman–Crippen MR) is 106 cm³/mol. The van der Waals surface area contributed by atoms with Gasteiger partial charge in [-0.1, -0.05) is 41.9 Å². The summed E-state index contributed by atoms with van der Waals surface area (Å²) in [5.41, 5.74) is 1.28. The van der Waals surface area contributed by atoms with Crippen molar-refractivity contribution in [1.29, 1.82) is 0 Å². The standard InChI is InChI=1S/C19H21ClFN3O.ClH/c20-15-6-2-1-5-14(15)18-13-22-10-12-24(18)11-9-19(25)23-17-8-4-3-7-16(17)21;/h1-8,18,22H,9-13H2,(H,23,25);1H. The molecule has 3 rings (SSSR count). The maximum Gasteiger partial charge on any atom is 0.225 e. The Balaban J connectivity index is 0.00000243. The SMILES string of the molecule is Cl.O=C(CCN1CCNCC1c1ccccc1Cl)Nc1ccccc1F. The predicted octanol–water partition coefficient (Wildman–Crippen LogP) is 3.88. The van der Waals surface area contributed by atoms with E-state index in [9.17, 15) is 9.18 Å². The largest absolute Gasteiger partial charge is 0.324 e. The van der Waals surface area contributed by atoms with Crippen LogP contribution in [0.1, 0.15) is 18.0 Å². The molecule has 0 saturated carbocycles. The van der Waals surface area contributed by atoms with Crippen LogP contribution in [0, 0.1) is 5.82 Å². The van der Waals surface area contributed by atoms with Crippen molar-refractivity contribution in [2.24, 2.45) is 0 Å². The summed E-state index contributed by atoms with van der Waals surface area (Å²) in [6.45, 7) is 3.09. The van der Waals surface area contributed by atoms with Gasteiger partial charge < -0.3 is 10.6 Å². The van der Waals surface area contributed by atoms with Crippen LogP contribution in [0.3, 0.4) is 0 Å². The van der Waals surface area contributed by atoms with E-state index in [-0.39, 0.29) is 30.0 Å². The average molecular weight is 398 g/mol. The maximum atomic E-state index is 13.6. The summed E-state index contributed by atoms with van der Waals surface area (Å²) in [6.07, 6.45) is 0.301. The molecule has 7 heteroatoms. The van der Waals surface area contributed by atoms with E-state index in [1.165, 1.54) is 6.07 Å². The van der Waals surface area contributed by atoms with Crippen LogP contribution in [0.25, 0.3) is 0 Å². The molecule has 1 aliphatic rings. The van der Waals surface area contributed by atoms with Crippen LogP contribution >= 0.6 is 24.0 Å². The topological polar surface area (TPSA) is 44.4 Å². The van der Waals surface area contributed by atoms with Gasteiger partial charge in [-0.2, -0.15) is 0 Å². The van der Waals surface area contributed by atoms with E-state index in [0.717, 1.165) is 30.2 Å². The van der Waals surface area contributed by atoms with E-state index in [4.69, 9.17) is 11.6 Å². The molecule has 1 aliphatic heterocycles. The molecule has 2 N–H and O–H groups in total. The summed E-state index contributed by atoms with van der Waals surface area (Å²) in [5.74, 6) is -0.617. The van der Waals surface area contributed by atoms with Gasteiger partial charge in [-0.3, -0.25) is 9.69 Å². The second kappa shape index (κ2) is 9.88. The second-order valence-corrected chi connectivity index (χ2v) is 6.46. The minimum atomic E-state index is -0.424. The zero-order valence-corrected chi connectivity index (χ0v) is 15.8. The number of benzene rings is 2. The molecule has 1 atom stereocenters. The highest BCUT2D eigenvalue weighted by molar-refractivity contribution is 6.31. The van der Waals surface area contributed by atoms with E-state index < -0.39 is 5.82 Å². The molecule has 2 aromatic carbocycles. The van der Waals surface area contributed by atoms with Crippen molar-refractivity contribution in [2.45, 2.75) is 12.5 Å². The fraction of sp³-hybridized carbons (Fsp3) is 0.316. The van der Waals surface area contributed by atoms with E-state index in [1.54, 1.807) is 18.2 Å². The van der Waals surface area contributed by atoms with Crippen molar-refractivity contribution in [2.75, 3.05) is 31.5 Å². The molecule has 4 nitrogen and oxygen atoms in total. The van der Waals surface area contributed by atoms with Crippen LogP contribution in [0.2, 0.25) is 5.02 Å². The lowest BCUT2D eigenvalue weighted by molar-refractivity contribution is -0.116. The Morgan fingerprint density at radius 3 is 2.73 bits per heavy atom. The number of piperazine rings is 1. The van der Waals surface area contributed by atoms with Gasteiger partial charge in [0.15, 0.2) is 0 Å². The summed E-state index contributed by atoms with van der Waals surface area (Å²) in [7, 11) is 0. The van der Waals surface area contributed by atoms with Gasteiger partial charge in [0, 0.05) is 43.7 Å². The summed E-state index contributed by atoms with van der Waals surface area (Å²) in [5, 5.41) is 6.74. The number of anilines is 1. The Labute approximate surface area is 164 Å². The molecule has 1 heterocycles. The fourth-order valence-electron chi connectivity index (χ4n) is 3.09. The number of carbonyl (C=O) groups excluding carboxylic acids is 1. The Bertz CT molecular complexity index is 744. The summed E-state index contributed by atoms with van der Waals surface area (Å²) in [6, 6.07) is 14.1. The highest BCUT2D eigenvalue weighted by atomic mass is 35.5. The van der Waals surface area contributed by atoms with Gasteiger partial charge in [0.2, 0.25) is 5.91 Å². The van der Waals surface area contributed by atoms with E-state index in [2.05, 4.69) is 15.5 Å². The van der Waals surface area contributed by atoms with Crippen molar-refractivity contribution >= 4 is 35.6 Å². The smallest absolute Gasteiger partial charge is 0.225 e. The molecule has 1 amide bonds. The van der Waals surface area contributed by atoms with Crippen molar-refractivity contribution in [3.05, 3.63) is 64.9 Å². The maximum absolute atomic E-state index is 13.6. The monoisotopic (exact) mass is 397 g/mol. The molecule has 1 fully saturated rings. The molecule has 26 heavy (non-hydrogen) atoms. The molecule has 0 spiro atoms. The summed E-state index contributed by atoms with van der Waals surface area (Å²) >= 11 is 6.33. The number of hydrogen-bond acceptors (Lipinski definition) is 3. The molecule has 0 radical (unpaired) electrons. The first-order chi connectivity index (χ1) is 12.1. The third kappa shape index (κ3) is 5.17. The lowest BCUT2D eigenvalue weighted by Crippen LogP contribution is -2.46. The minimum Gasteiger partial charge on any atom is -0.324 e. The summed E-state index contributed by atoms with van der Waals surface area (Å²) < 4.78 is 13.6. The molecule has 0 bridgehead atoms. The Kier molecular flexibility index (Phi) is 7.85. The Hall–Kier alpha value is -1.66. The zero-order chi connectivity index (χ0) is 17.6. The van der Waals surface area contributed by atoms with Crippen LogP contribution in [0.4, 0.5) is 10.1 Å². The third-order valence-electron chi connectivity index (χ3n) is 4.39. The molecule has 1 unspecified atom stereocenters. The first-order valence-electron chi connectivity index (χ1n) is 8.39. The van der Waals surface area contributed by atoms with Gasteiger partial charge >= 0.3 is 0 Å². The quantitative estimate of drug-likeness (QED) is 0.804. The average Bonchev–Trinajstić information content (AvgIpc) is 2.63. The molecule has 140 valence electrons. The number of halogens is 3. The van der Waals surface area contributed by atoms with Crippen molar-refractivity contribution < 1.29 is 9.18 Å². The van der Waals surface area contributed by atoms with Gasteiger partial charge in [0.05, 0.1) is 5.69 Å². The number of rotatable bonds is 5. The van der Waals surface area contributed by atoms with Gasteiger partial charge in [0.1, 0.15) is 5.82 Å². The van der Waals surface area contributed by atoms with E-state index in [0.29, 0.717) is 13.0 Å². The Morgan fingerprint density at radius 1 is 1.23 bits per heavy atom. The number of para-hydroxylation sites is 1. The summed E-state index contributed by atoms with van der Waals surface area (Å²) in [4.78, 5) is 14.4. The lowest BCUT2D eigenvalue weighted by atomic mass is 10.0. The molecule has 1 saturated heterocycles. The fourth-order valence-corrected chi connectivity index (χ4v) is 3.35. The van der Waals surface area contributed by atoms with Crippen LogP contribution in [0.5, 0.6) is 0 Å². The number of amides is 1. The van der Waals surface area contributed by atoms with Crippen LogP contribution in [-0.2, 0) is 4.79 Å². The normalized spacial score (nSPS) is 17.4. The minimum absolute atomic E-state index is 0. The number of hydrogen-bond donors (Lipinski definition) is 2. The molecule has 2 aromatic rings. The third-order valence-corrected chi connectivity index (χ3v) is 4.74. The Morgan fingerprint density at radius 2 is 1.96 bits per heavy atom. The van der Waals surface area contributed by atoms with Gasteiger partial charge in [-0.25, -0.2) is 4.39 Å². The van der Waals surface area contributed by atoms with Crippen LogP contribution in [-0.4, -0.2) is 37.0 Å². The number of nitrogens with one attached hydrogen (secondary N) is 2. The van der Waals surface area contributed by atoms with Crippen molar-refractivity contribution in [3.8, 4) is 0 Å². The van der Waals surface area contributed by atoms with Gasteiger partial charge in [-0.15, -0.1) is 12.4 Å². The number of carbonyl (C=O) groups is 1. The zero-order valence-electron chi connectivity index (χ0n) is 14.3. The van der Waals surface area contributed by atoms with E-state index >= 15 is 0 Å². The van der Waals surface area contributed by atoms with Crippen molar-refractivity contribution in [1.82, 2.24) is 10.2 Å². The molecule has 0 aromatic heterocycles. The second-order valence-electron chi connectivity index (χ2n) is 6.06.